The molecule has 24 heteroatoms. The van der Waals surface area contributed by atoms with Crippen LogP contribution in [0.4, 0.5) is 27.8 Å². The molecule has 11 rings (SSSR count). The predicted molar refractivity (Wildman–Crippen MR) is 294 cm³/mol. The molecule has 0 spiro atoms. The molecule has 428 valence electrons. The summed E-state index contributed by atoms with van der Waals surface area (Å²) >= 11 is 6.68. The number of aromatic nitrogens is 7. The third-order valence-corrected chi connectivity index (χ3v) is 15.8. The van der Waals surface area contributed by atoms with Gasteiger partial charge in [0.1, 0.15) is 54.0 Å². The van der Waals surface area contributed by atoms with Crippen LogP contribution in [0.15, 0.2) is 97.3 Å². The zero-order chi connectivity index (χ0) is 57.7. The summed E-state index contributed by atoms with van der Waals surface area (Å²) in [6.07, 6.45) is -2.94. The number of benzene rings is 5. The molecule has 0 unspecified atom stereocenters. The number of H-pyrrole nitrogens is 1. The summed E-state index contributed by atoms with van der Waals surface area (Å²) in [5.74, 6) is -3.02. The number of methoxy groups -OCH3 is 1. The number of β-amino-alcohol motifs (C(OH)–C–C–N with tert-alkyl or cyclic N) is 1. The molecule has 0 radical (unpaired) electrons. The molecule has 82 heavy (non-hydrogen) atoms. The molecule has 7 atom stereocenters. The predicted octanol–water partition coefficient (Wildman–Crippen LogP) is 8.60. The number of fused-ring (bicyclic) bond motifs is 4. The number of carbonyl (C=O) groups is 2. The topological polar surface area (TPSA) is 218 Å². The van der Waals surface area contributed by atoms with E-state index in [1.165, 1.54) is 29.0 Å². The first-order valence-corrected chi connectivity index (χ1v) is 27.1. The van der Waals surface area contributed by atoms with Gasteiger partial charge in [0.2, 0.25) is 11.8 Å². The van der Waals surface area contributed by atoms with E-state index < -0.39 is 82.7 Å². The Balaban J connectivity index is 0.878. The van der Waals surface area contributed by atoms with E-state index in [2.05, 4.69) is 31.1 Å². The molecule has 0 aliphatic carbocycles. The van der Waals surface area contributed by atoms with Gasteiger partial charge in [-0.1, -0.05) is 97.4 Å². The first kappa shape index (κ1) is 56.1. The number of aliphatic hydroxyl groups excluding tert-OH is 2. The van der Waals surface area contributed by atoms with Gasteiger partial charge in [-0.2, -0.15) is 28.2 Å². The van der Waals surface area contributed by atoms with Gasteiger partial charge in [0.25, 0.3) is 0 Å². The maximum absolute atomic E-state index is 15.8. The normalized spacial score (nSPS) is 19.1. The number of aromatic amines is 1. The van der Waals surface area contributed by atoms with Gasteiger partial charge in [-0.15, -0.1) is 5.10 Å². The maximum atomic E-state index is 15.8. The SMILES string of the molecule is CO[C@@H](C)COc1nc(N2C[C@@H]3C[C@H]2CN3)c2cc(C(F)(F)F)c(-c3c(Cl)c(F)cc4[nH]ncc34)c(OCc3ccc(-c4cn([C@H](C(=O)N5C[C@H](O)C[C@H]5C(=O)N[C@@H](CO)c5ccc(-c6ccccc6F)cc5)C(C)C)nn4)cc3)c2n1. The van der Waals surface area contributed by atoms with Crippen LogP contribution in [0.2, 0.25) is 5.02 Å². The van der Waals surface area contributed by atoms with Crippen LogP contribution in [0.1, 0.15) is 62.4 Å². The van der Waals surface area contributed by atoms with Crippen molar-refractivity contribution in [3.8, 4) is 45.3 Å². The molecule has 6 heterocycles. The molecule has 2 bridgehead atoms. The van der Waals surface area contributed by atoms with Crippen LogP contribution in [0.25, 0.3) is 55.3 Å². The zero-order valence-corrected chi connectivity index (χ0v) is 45.6. The fourth-order valence-electron chi connectivity index (χ4n) is 11.2. The highest BCUT2D eigenvalue weighted by Crippen LogP contribution is 2.52. The van der Waals surface area contributed by atoms with Crippen LogP contribution in [0.5, 0.6) is 11.8 Å². The molecule has 3 aliphatic heterocycles. The molecule has 3 aliphatic rings. The Morgan fingerprint density at radius 1 is 0.915 bits per heavy atom. The summed E-state index contributed by atoms with van der Waals surface area (Å²) in [6.45, 7) is 5.49. The first-order chi connectivity index (χ1) is 39.4. The number of carbonyl (C=O) groups excluding carboxylic acids is 2. The Morgan fingerprint density at radius 2 is 1.67 bits per heavy atom. The minimum atomic E-state index is -5.05. The highest BCUT2D eigenvalue weighted by Gasteiger charge is 2.45. The number of alkyl halides is 3. The smallest absolute Gasteiger partial charge is 0.417 e. The molecule has 2 amide bonds. The average Bonchev–Trinajstić information content (AvgIpc) is 4.51. The number of anilines is 1. The number of aliphatic hydroxyl groups is 2. The summed E-state index contributed by atoms with van der Waals surface area (Å²) in [5, 5.41) is 42.4. The number of nitrogens with one attached hydrogen (secondary N) is 3. The highest BCUT2D eigenvalue weighted by molar-refractivity contribution is 6.35. The molecule has 5 N–H and O–H groups in total. The summed E-state index contributed by atoms with van der Waals surface area (Å²) in [6, 6.07) is 18.7. The number of halogens is 6. The van der Waals surface area contributed by atoms with Gasteiger partial charge < -0.3 is 44.9 Å². The summed E-state index contributed by atoms with van der Waals surface area (Å²) in [7, 11) is 1.51. The number of hydrogen-bond donors (Lipinski definition) is 5. The molecule has 8 aromatic rings. The quantitative estimate of drug-likeness (QED) is 0.0509. The molecule has 3 aromatic heterocycles. The van der Waals surface area contributed by atoms with E-state index in [-0.39, 0.29) is 89.1 Å². The third-order valence-electron chi connectivity index (χ3n) is 15.5. The van der Waals surface area contributed by atoms with Crippen LogP contribution in [0, 0.1) is 17.6 Å². The van der Waals surface area contributed by atoms with Crippen molar-refractivity contribution in [2.45, 2.75) is 88.8 Å². The van der Waals surface area contributed by atoms with Crippen LogP contribution in [-0.4, -0.2) is 132 Å². The van der Waals surface area contributed by atoms with E-state index in [1.54, 1.807) is 79.9 Å². The van der Waals surface area contributed by atoms with Crippen LogP contribution < -0.4 is 25.0 Å². The van der Waals surface area contributed by atoms with Crippen molar-refractivity contribution in [1.29, 1.82) is 0 Å². The van der Waals surface area contributed by atoms with Crippen molar-refractivity contribution in [2.24, 2.45) is 5.92 Å². The average molecular weight is 1150 g/mol. The number of likely N-dealkylation sites (tertiary alicyclic amines) is 1. The van der Waals surface area contributed by atoms with Crippen molar-refractivity contribution in [3.63, 3.8) is 0 Å². The van der Waals surface area contributed by atoms with E-state index in [0.717, 1.165) is 18.6 Å². The highest BCUT2D eigenvalue weighted by atomic mass is 35.5. The lowest BCUT2D eigenvalue weighted by molar-refractivity contribution is -0.142. The second kappa shape index (κ2) is 22.8. The Hall–Kier alpha value is -7.83. The van der Waals surface area contributed by atoms with Gasteiger partial charge in [0, 0.05) is 84.3 Å². The fourth-order valence-corrected chi connectivity index (χ4v) is 11.4. The number of rotatable bonds is 18. The number of ether oxygens (including phenoxy) is 3. The largest absolute Gasteiger partial charge is 0.486 e. The van der Waals surface area contributed by atoms with Gasteiger partial charge in [0.05, 0.1) is 53.4 Å². The number of nitrogens with zero attached hydrogens (tertiary/aromatic N) is 8. The van der Waals surface area contributed by atoms with Crippen LogP contribution in [-0.2, 0) is 27.1 Å². The second-order valence-corrected chi connectivity index (χ2v) is 21.6. The lowest BCUT2D eigenvalue weighted by Gasteiger charge is -2.30. The van der Waals surface area contributed by atoms with Crippen molar-refractivity contribution in [3.05, 3.63) is 131 Å². The summed E-state index contributed by atoms with van der Waals surface area (Å²) < 4.78 is 97.1. The van der Waals surface area contributed by atoms with Crippen molar-refractivity contribution < 1.29 is 56.0 Å². The van der Waals surface area contributed by atoms with E-state index >= 15 is 17.6 Å². The van der Waals surface area contributed by atoms with Crippen LogP contribution >= 0.6 is 11.6 Å². The summed E-state index contributed by atoms with van der Waals surface area (Å²) in [5.41, 5.74) is 0.924. The lowest BCUT2D eigenvalue weighted by atomic mass is 9.93. The Labute approximate surface area is 471 Å². The zero-order valence-electron chi connectivity index (χ0n) is 44.8. The molecule has 3 fully saturated rings. The lowest BCUT2D eigenvalue weighted by Crippen LogP contribution is -2.50. The standard InChI is InChI=1S/C58H57ClF5N11O7/c1-29(2)52(56(79)74-24-37(77)18-47(74)55(78)67-46(26-76)34-15-13-32(14-16-34)38-7-5-6-8-42(38)60)75-25-45(71-72-75)33-11-9-31(10-12-33)28-81-53-49(48-40-22-66-70-44(40)20-43(61)50(48)59)41(58(62,63)64)19-39-51(53)68-57(82-27-30(3)80-4)69-54(39)73-23-35-17-36(73)21-65-35/h5-16,19-20,22,25,29-30,35-37,46-47,52,65,76-77H,17-18,21,23-24,26-28H2,1-4H3,(H,66,70)(H,67,78)/t30-,35-,36-,37+,46-,47-,52-/m0/s1. The van der Waals surface area contributed by atoms with Crippen molar-refractivity contribution in [2.75, 3.05) is 44.9 Å². The third kappa shape index (κ3) is 10.9. The van der Waals surface area contributed by atoms with Crippen LogP contribution in [0.3, 0.4) is 0 Å². The molecular formula is C58H57ClF5N11O7. The molecule has 3 saturated heterocycles. The summed E-state index contributed by atoms with van der Waals surface area (Å²) in [4.78, 5) is 41.2. The minimum absolute atomic E-state index is 0.00627. The van der Waals surface area contributed by atoms with E-state index in [4.69, 9.17) is 35.8 Å². The monoisotopic (exact) mass is 1150 g/mol. The maximum Gasteiger partial charge on any atom is 0.417 e. The fraction of sp³-hybridized carbons (Fsp3) is 0.362. The van der Waals surface area contributed by atoms with E-state index in [0.29, 0.717) is 46.6 Å². The molecule has 5 aromatic carbocycles. The number of amides is 2. The van der Waals surface area contributed by atoms with Crippen molar-refractivity contribution >= 4 is 51.0 Å². The van der Waals surface area contributed by atoms with Gasteiger partial charge in [-0.05, 0) is 48.1 Å². The Kier molecular flexibility index (Phi) is 15.6. The molecule has 18 nitrogen and oxygen atoms in total. The molecular weight excluding hydrogens is 1090 g/mol. The van der Waals surface area contributed by atoms with Gasteiger partial charge >= 0.3 is 12.2 Å². The minimum Gasteiger partial charge on any atom is -0.486 e. The van der Waals surface area contributed by atoms with Gasteiger partial charge in [0.15, 0.2) is 5.75 Å². The van der Waals surface area contributed by atoms with Gasteiger partial charge in [-0.3, -0.25) is 14.7 Å². The second-order valence-electron chi connectivity index (χ2n) is 21.2. The Morgan fingerprint density at radius 3 is 2.35 bits per heavy atom. The molecule has 0 saturated carbocycles. The first-order valence-electron chi connectivity index (χ1n) is 26.7. The Bertz CT molecular complexity index is 3680. The van der Waals surface area contributed by atoms with Crippen molar-refractivity contribution in [1.82, 2.24) is 50.7 Å². The number of hydrogen-bond acceptors (Lipinski definition) is 14. The van der Waals surface area contributed by atoms with E-state index in [9.17, 15) is 24.2 Å². The number of piperazine rings is 1. The van der Waals surface area contributed by atoms with E-state index in [1.807, 2.05) is 18.7 Å². The van der Waals surface area contributed by atoms with Gasteiger partial charge in [-0.25, -0.2) is 13.5 Å².